The first-order chi connectivity index (χ1) is 18.1. The number of hydrogen-bond acceptors (Lipinski definition) is 9. The molecule has 0 aliphatic carbocycles. The second kappa shape index (κ2) is 10.1. The average Bonchev–Trinajstić information content (AvgIpc) is 3.51. The molecule has 2 aromatic rings. The van der Waals surface area contributed by atoms with Crippen LogP contribution in [0.2, 0.25) is 0 Å². The third-order valence-electron chi connectivity index (χ3n) is 6.56. The Morgan fingerprint density at radius 2 is 1.50 bits per heavy atom. The van der Waals surface area contributed by atoms with Crippen molar-refractivity contribution in [3.8, 4) is 6.07 Å². The minimum atomic E-state index is -0.994. The highest BCUT2D eigenvalue weighted by molar-refractivity contribution is 6.29. The first-order valence-electron chi connectivity index (χ1n) is 12.4. The maximum atomic E-state index is 13.8. The molecule has 5 rings (SSSR count). The van der Waals surface area contributed by atoms with Gasteiger partial charge in [-0.05, 0) is 33.3 Å². The van der Waals surface area contributed by atoms with Crippen molar-refractivity contribution >= 4 is 17.3 Å². The summed E-state index contributed by atoms with van der Waals surface area (Å²) in [5.41, 5.74) is 0.187. The number of rotatable bonds is 6. The number of ketones is 1. The van der Waals surface area contributed by atoms with Gasteiger partial charge < -0.3 is 28.4 Å². The standard InChI is InChI=1S/C29H29NO8/c1-28(2)33-16-20(36-28)23-24(25-27(35-23)38-29(3,4)37-25)34-26(32)21(22(31)18-13-9-6-10-14-18)19(15-30)17-11-7-5-8-12-17/h5-14,20,23-25,27H,16H2,1-4H3/b21-19+/t20-,23-,24+,25-,27-/m0/s1. The molecule has 5 atom stereocenters. The van der Waals surface area contributed by atoms with Crippen LogP contribution in [0.5, 0.6) is 0 Å². The van der Waals surface area contributed by atoms with Crippen LogP contribution >= 0.6 is 0 Å². The van der Waals surface area contributed by atoms with Gasteiger partial charge in [-0.3, -0.25) is 4.79 Å². The van der Waals surface area contributed by atoms with Crippen LogP contribution < -0.4 is 0 Å². The van der Waals surface area contributed by atoms with E-state index >= 15 is 0 Å². The Labute approximate surface area is 220 Å². The number of allylic oxidation sites excluding steroid dienone is 1. The van der Waals surface area contributed by atoms with Crippen molar-refractivity contribution < 1.29 is 38.0 Å². The average molecular weight is 520 g/mol. The van der Waals surface area contributed by atoms with Crippen LogP contribution in [-0.4, -0.2) is 60.6 Å². The van der Waals surface area contributed by atoms with Crippen LogP contribution in [0, 0.1) is 11.3 Å². The number of esters is 1. The van der Waals surface area contributed by atoms with E-state index in [9.17, 15) is 14.9 Å². The van der Waals surface area contributed by atoms with Gasteiger partial charge in [-0.25, -0.2) is 4.79 Å². The van der Waals surface area contributed by atoms with E-state index in [1.807, 2.05) is 6.07 Å². The lowest BCUT2D eigenvalue weighted by Crippen LogP contribution is -2.45. The van der Waals surface area contributed by atoms with Gasteiger partial charge in [-0.15, -0.1) is 0 Å². The van der Waals surface area contributed by atoms with Gasteiger partial charge in [0.25, 0.3) is 0 Å². The molecule has 2 aromatic carbocycles. The number of carbonyl (C=O) groups excluding carboxylic acids is 2. The molecule has 3 heterocycles. The Morgan fingerprint density at radius 3 is 2.08 bits per heavy atom. The lowest BCUT2D eigenvalue weighted by molar-refractivity contribution is -0.234. The van der Waals surface area contributed by atoms with Gasteiger partial charge in [0.05, 0.1) is 12.2 Å². The fourth-order valence-corrected chi connectivity index (χ4v) is 4.91. The molecule has 0 spiro atoms. The number of Topliss-reactive ketones (excluding diaryl/α,β-unsaturated/α-hetero) is 1. The summed E-state index contributed by atoms with van der Waals surface area (Å²) in [6, 6.07) is 18.8. The Morgan fingerprint density at radius 1 is 0.868 bits per heavy atom. The summed E-state index contributed by atoms with van der Waals surface area (Å²) in [7, 11) is 0. The Balaban J connectivity index is 1.53. The van der Waals surface area contributed by atoms with E-state index in [1.54, 1.807) is 88.4 Å². The highest BCUT2D eigenvalue weighted by Gasteiger charge is 2.60. The van der Waals surface area contributed by atoms with E-state index in [0.29, 0.717) is 5.56 Å². The summed E-state index contributed by atoms with van der Waals surface area (Å²) in [6.07, 6.45) is -3.96. The van der Waals surface area contributed by atoms with E-state index in [0.717, 1.165) is 0 Å². The van der Waals surface area contributed by atoms with Crippen molar-refractivity contribution in [2.45, 2.75) is 70.0 Å². The summed E-state index contributed by atoms with van der Waals surface area (Å²) >= 11 is 0. The van der Waals surface area contributed by atoms with Crippen LogP contribution in [0.15, 0.2) is 66.2 Å². The first-order valence-corrected chi connectivity index (χ1v) is 12.4. The molecule has 0 saturated carbocycles. The predicted octanol–water partition coefficient (Wildman–Crippen LogP) is 3.79. The minimum Gasteiger partial charge on any atom is -0.453 e. The molecule has 198 valence electrons. The zero-order chi connectivity index (χ0) is 27.1. The number of carbonyl (C=O) groups is 2. The van der Waals surface area contributed by atoms with Gasteiger partial charge in [0.1, 0.15) is 23.9 Å². The van der Waals surface area contributed by atoms with Gasteiger partial charge in [0, 0.05) is 5.56 Å². The van der Waals surface area contributed by atoms with Crippen molar-refractivity contribution in [3.05, 3.63) is 77.4 Å². The second-order valence-corrected chi connectivity index (χ2v) is 10.2. The lowest BCUT2D eigenvalue weighted by atomic mass is 9.94. The molecule has 3 aliphatic rings. The SMILES string of the molecule is CC1(C)O[C@@H]2O[C@@H]([C@@H]3COC(C)(C)O3)[C@@H](OC(=O)/C(C(=O)c3ccccc3)=C(\C#N)c3ccccc3)[C@@H]2O1. The number of nitrogens with zero attached hydrogens (tertiary/aromatic N) is 1. The fraction of sp³-hybridized carbons (Fsp3) is 0.414. The number of benzene rings is 2. The Kier molecular flexibility index (Phi) is 6.94. The zero-order valence-electron chi connectivity index (χ0n) is 21.6. The molecule has 9 nitrogen and oxygen atoms in total. The lowest BCUT2D eigenvalue weighted by Gasteiger charge is -2.29. The molecular weight excluding hydrogens is 490 g/mol. The molecule has 38 heavy (non-hydrogen) atoms. The van der Waals surface area contributed by atoms with Gasteiger partial charge >= 0.3 is 5.97 Å². The first kappa shape index (κ1) is 26.2. The molecule has 3 saturated heterocycles. The van der Waals surface area contributed by atoms with Crippen LogP contribution in [0.3, 0.4) is 0 Å². The van der Waals surface area contributed by atoms with Crippen molar-refractivity contribution in [1.29, 1.82) is 5.26 Å². The molecule has 3 fully saturated rings. The maximum absolute atomic E-state index is 13.8. The summed E-state index contributed by atoms with van der Waals surface area (Å²) in [4.78, 5) is 27.5. The van der Waals surface area contributed by atoms with Crippen LogP contribution in [0.25, 0.3) is 5.57 Å². The molecule has 0 aromatic heterocycles. The van der Waals surface area contributed by atoms with Crippen molar-refractivity contribution in [2.75, 3.05) is 6.61 Å². The van der Waals surface area contributed by atoms with Crippen molar-refractivity contribution in [3.63, 3.8) is 0 Å². The molecule has 0 amide bonds. The van der Waals surface area contributed by atoms with Crippen LogP contribution in [0.1, 0.15) is 43.6 Å². The Bertz CT molecular complexity index is 1280. The molecular formula is C29H29NO8. The smallest absolute Gasteiger partial charge is 0.344 e. The van der Waals surface area contributed by atoms with E-state index in [1.165, 1.54) is 0 Å². The van der Waals surface area contributed by atoms with E-state index < -0.39 is 54.0 Å². The van der Waals surface area contributed by atoms with Crippen LogP contribution in [-0.2, 0) is 33.2 Å². The third-order valence-corrected chi connectivity index (χ3v) is 6.56. The van der Waals surface area contributed by atoms with Gasteiger partial charge in [0.2, 0.25) is 5.78 Å². The van der Waals surface area contributed by atoms with E-state index in [2.05, 4.69) is 0 Å². The van der Waals surface area contributed by atoms with Crippen molar-refractivity contribution in [2.24, 2.45) is 0 Å². The number of ether oxygens (including phenoxy) is 6. The molecule has 0 N–H and O–H groups in total. The summed E-state index contributed by atoms with van der Waals surface area (Å²) in [5, 5.41) is 10.1. The monoisotopic (exact) mass is 519 g/mol. The predicted molar refractivity (Wildman–Crippen MR) is 133 cm³/mol. The fourth-order valence-electron chi connectivity index (χ4n) is 4.91. The molecule has 9 heteroatoms. The second-order valence-electron chi connectivity index (χ2n) is 10.2. The van der Waals surface area contributed by atoms with Crippen molar-refractivity contribution in [1.82, 2.24) is 0 Å². The quantitative estimate of drug-likeness (QED) is 0.140. The van der Waals surface area contributed by atoms with E-state index in [4.69, 9.17) is 28.4 Å². The van der Waals surface area contributed by atoms with Gasteiger partial charge in [-0.1, -0.05) is 60.7 Å². The summed E-state index contributed by atoms with van der Waals surface area (Å²) in [5.74, 6) is -3.42. The largest absolute Gasteiger partial charge is 0.453 e. The number of nitriles is 1. The number of hydrogen-bond donors (Lipinski definition) is 0. The van der Waals surface area contributed by atoms with E-state index in [-0.39, 0.29) is 23.3 Å². The minimum absolute atomic E-state index is 0.0954. The highest BCUT2D eigenvalue weighted by atomic mass is 16.8. The third kappa shape index (κ3) is 5.14. The topological polar surface area (TPSA) is 113 Å². The molecule has 0 unspecified atom stereocenters. The normalized spacial score (nSPS) is 29.7. The van der Waals surface area contributed by atoms with Gasteiger partial charge in [0.15, 0.2) is 30.1 Å². The highest BCUT2D eigenvalue weighted by Crippen LogP contribution is 2.42. The van der Waals surface area contributed by atoms with Gasteiger partial charge in [-0.2, -0.15) is 5.26 Å². The number of fused-ring (bicyclic) bond motifs is 1. The molecule has 3 aliphatic heterocycles. The molecule has 0 bridgehead atoms. The van der Waals surface area contributed by atoms with Crippen LogP contribution in [0.4, 0.5) is 0 Å². The summed E-state index contributed by atoms with van der Waals surface area (Å²) in [6.45, 7) is 7.22. The maximum Gasteiger partial charge on any atom is 0.344 e. The summed E-state index contributed by atoms with van der Waals surface area (Å²) < 4.78 is 35.7. The Hall–Kier alpha value is -3.39. The molecule has 0 radical (unpaired) electrons. The zero-order valence-corrected chi connectivity index (χ0v) is 21.6.